The molecular formula is C13H22N4O4S. The molecule has 0 saturated carbocycles. The predicted octanol–water partition coefficient (Wildman–Crippen LogP) is 1.46. The van der Waals surface area contributed by atoms with Crippen LogP contribution >= 0.6 is 0 Å². The van der Waals surface area contributed by atoms with Gasteiger partial charge in [-0.1, -0.05) is 0 Å². The molecule has 0 radical (unpaired) electrons. The number of carbonyl (C=O) groups is 1. The SMILES string of the molecule is CCS(=O)(=O)Nc1n[nH]c2c1CCN(C(=O)OC(C)(C)C)C2. The zero-order valence-corrected chi connectivity index (χ0v) is 14.1. The van der Waals surface area contributed by atoms with Crippen molar-refractivity contribution in [1.82, 2.24) is 15.1 Å². The lowest BCUT2D eigenvalue weighted by atomic mass is 10.1. The van der Waals surface area contributed by atoms with E-state index in [0.717, 1.165) is 11.3 Å². The van der Waals surface area contributed by atoms with Crippen molar-refractivity contribution in [3.63, 3.8) is 0 Å². The summed E-state index contributed by atoms with van der Waals surface area (Å²) in [7, 11) is -3.37. The van der Waals surface area contributed by atoms with Gasteiger partial charge in [0.1, 0.15) is 5.60 Å². The zero-order valence-electron chi connectivity index (χ0n) is 13.3. The van der Waals surface area contributed by atoms with Crippen molar-refractivity contribution in [2.75, 3.05) is 17.0 Å². The van der Waals surface area contributed by atoms with Crippen LogP contribution in [0, 0.1) is 0 Å². The van der Waals surface area contributed by atoms with Crippen molar-refractivity contribution in [2.45, 2.75) is 46.3 Å². The molecule has 0 spiro atoms. The number of H-pyrrole nitrogens is 1. The Labute approximate surface area is 130 Å². The van der Waals surface area contributed by atoms with Crippen LogP contribution < -0.4 is 4.72 Å². The van der Waals surface area contributed by atoms with Crippen LogP contribution in [0.5, 0.6) is 0 Å². The van der Waals surface area contributed by atoms with Gasteiger partial charge in [0.2, 0.25) is 10.0 Å². The third-order valence-electron chi connectivity index (χ3n) is 3.22. The molecule has 9 heteroatoms. The van der Waals surface area contributed by atoms with Gasteiger partial charge in [0, 0.05) is 12.1 Å². The molecule has 0 saturated heterocycles. The number of fused-ring (bicyclic) bond motifs is 1. The van der Waals surface area contributed by atoms with Crippen LogP contribution in [0.25, 0.3) is 0 Å². The number of anilines is 1. The van der Waals surface area contributed by atoms with Gasteiger partial charge >= 0.3 is 6.09 Å². The zero-order chi connectivity index (χ0) is 16.5. The summed E-state index contributed by atoms with van der Waals surface area (Å²) < 4.78 is 31.1. The summed E-state index contributed by atoms with van der Waals surface area (Å²) in [5.41, 5.74) is 0.982. The Bertz CT molecular complexity index is 660. The Morgan fingerprint density at radius 1 is 1.45 bits per heavy atom. The number of nitrogens with one attached hydrogen (secondary N) is 2. The molecule has 1 aromatic heterocycles. The van der Waals surface area contributed by atoms with E-state index in [1.54, 1.807) is 11.8 Å². The molecule has 1 aliphatic rings. The summed E-state index contributed by atoms with van der Waals surface area (Å²) in [6, 6.07) is 0. The summed E-state index contributed by atoms with van der Waals surface area (Å²) in [6.45, 7) is 7.79. The van der Waals surface area contributed by atoms with Crippen LogP contribution in [0.4, 0.5) is 10.6 Å². The van der Waals surface area contributed by atoms with E-state index in [2.05, 4.69) is 14.9 Å². The first-order chi connectivity index (χ1) is 10.1. The summed E-state index contributed by atoms with van der Waals surface area (Å²) >= 11 is 0. The molecule has 8 nitrogen and oxygen atoms in total. The molecule has 0 aromatic carbocycles. The Hall–Kier alpha value is -1.77. The Kier molecular flexibility index (Phi) is 4.37. The third kappa shape index (κ3) is 3.90. The highest BCUT2D eigenvalue weighted by Gasteiger charge is 2.29. The van der Waals surface area contributed by atoms with Gasteiger partial charge in [0.15, 0.2) is 5.82 Å². The van der Waals surface area contributed by atoms with E-state index < -0.39 is 15.6 Å². The number of rotatable bonds is 3. The monoisotopic (exact) mass is 330 g/mol. The van der Waals surface area contributed by atoms with Gasteiger partial charge in [0.25, 0.3) is 0 Å². The van der Waals surface area contributed by atoms with E-state index in [0.29, 0.717) is 25.3 Å². The average Bonchev–Trinajstić information content (AvgIpc) is 2.79. The Balaban J connectivity index is 2.10. The molecule has 1 amide bonds. The molecule has 0 unspecified atom stereocenters. The third-order valence-corrected chi connectivity index (χ3v) is 4.48. The highest BCUT2D eigenvalue weighted by atomic mass is 32.2. The number of carbonyl (C=O) groups excluding carboxylic acids is 1. The minimum absolute atomic E-state index is 0.0152. The highest BCUT2D eigenvalue weighted by Crippen LogP contribution is 2.25. The fourth-order valence-corrected chi connectivity index (χ4v) is 2.71. The lowest BCUT2D eigenvalue weighted by Crippen LogP contribution is -2.40. The van der Waals surface area contributed by atoms with Crippen molar-refractivity contribution in [3.05, 3.63) is 11.3 Å². The van der Waals surface area contributed by atoms with Crippen molar-refractivity contribution in [2.24, 2.45) is 0 Å². The fourth-order valence-electron chi connectivity index (χ4n) is 2.10. The quantitative estimate of drug-likeness (QED) is 0.873. The molecule has 0 bridgehead atoms. The number of amides is 1. The van der Waals surface area contributed by atoms with Crippen LogP contribution in [0.15, 0.2) is 0 Å². The maximum Gasteiger partial charge on any atom is 0.410 e. The predicted molar refractivity (Wildman–Crippen MR) is 82.0 cm³/mol. The molecule has 0 aliphatic carbocycles. The molecular weight excluding hydrogens is 308 g/mol. The maximum atomic E-state index is 12.1. The van der Waals surface area contributed by atoms with Crippen LogP contribution in [-0.2, 0) is 27.7 Å². The van der Waals surface area contributed by atoms with E-state index in [9.17, 15) is 13.2 Å². The molecule has 124 valence electrons. The van der Waals surface area contributed by atoms with Crippen molar-refractivity contribution >= 4 is 21.9 Å². The number of sulfonamides is 1. The molecule has 22 heavy (non-hydrogen) atoms. The van der Waals surface area contributed by atoms with Crippen LogP contribution in [-0.4, -0.2) is 47.5 Å². The molecule has 0 fully saturated rings. The van der Waals surface area contributed by atoms with E-state index in [1.165, 1.54) is 0 Å². The van der Waals surface area contributed by atoms with Gasteiger partial charge in [-0.3, -0.25) is 9.82 Å². The minimum atomic E-state index is -3.37. The largest absolute Gasteiger partial charge is 0.444 e. The molecule has 2 heterocycles. The number of aromatic nitrogens is 2. The topological polar surface area (TPSA) is 104 Å². The van der Waals surface area contributed by atoms with Crippen molar-refractivity contribution < 1.29 is 17.9 Å². The smallest absolute Gasteiger partial charge is 0.410 e. The fraction of sp³-hybridized carbons (Fsp3) is 0.692. The summed E-state index contributed by atoms with van der Waals surface area (Å²) in [5.74, 6) is 0.305. The lowest BCUT2D eigenvalue weighted by molar-refractivity contribution is 0.0221. The molecule has 2 rings (SSSR count). The first-order valence-corrected chi connectivity index (χ1v) is 8.81. The van der Waals surface area contributed by atoms with E-state index in [-0.39, 0.29) is 11.8 Å². The maximum absolute atomic E-state index is 12.1. The Morgan fingerprint density at radius 3 is 2.73 bits per heavy atom. The second-order valence-electron chi connectivity index (χ2n) is 6.19. The Morgan fingerprint density at radius 2 is 2.14 bits per heavy atom. The van der Waals surface area contributed by atoms with E-state index in [4.69, 9.17) is 4.74 Å². The summed E-state index contributed by atoms with van der Waals surface area (Å²) in [6.07, 6.45) is 0.135. The molecule has 0 atom stereocenters. The van der Waals surface area contributed by atoms with Gasteiger partial charge in [0.05, 0.1) is 18.0 Å². The van der Waals surface area contributed by atoms with Gasteiger partial charge in [-0.15, -0.1) is 0 Å². The summed E-state index contributed by atoms with van der Waals surface area (Å²) in [4.78, 5) is 13.6. The van der Waals surface area contributed by atoms with Crippen LogP contribution in [0.2, 0.25) is 0 Å². The molecule has 2 N–H and O–H groups in total. The van der Waals surface area contributed by atoms with Gasteiger partial charge in [-0.2, -0.15) is 5.10 Å². The first-order valence-electron chi connectivity index (χ1n) is 7.16. The summed E-state index contributed by atoms with van der Waals surface area (Å²) in [5, 5.41) is 6.80. The number of ether oxygens (including phenoxy) is 1. The first kappa shape index (κ1) is 16.6. The number of hydrogen-bond acceptors (Lipinski definition) is 5. The van der Waals surface area contributed by atoms with E-state index >= 15 is 0 Å². The van der Waals surface area contributed by atoms with Crippen LogP contribution in [0.1, 0.15) is 39.0 Å². The van der Waals surface area contributed by atoms with E-state index in [1.807, 2.05) is 20.8 Å². The lowest BCUT2D eigenvalue weighted by Gasteiger charge is -2.29. The van der Waals surface area contributed by atoms with Crippen molar-refractivity contribution in [1.29, 1.82) is 0 Å². The van der Waals surface area contributed by atoms with Crippen molar-refractivity contribution in [3.8, 4) is 0 Å². The van der Waals surface area contributed by atoms with Crippen LogP contribution in [0.3, 0.4) is 0 Å². The molecule has 1 aliphatic heterocycles. The van der Waals surface area contributed by atoms with Gasteiger partial charge in [-0.05, 0) is 34.1 Å². The second kappa shape index (κ2) is 5.79. The number of nitrogens with zero attached hydrogens (tertiary/aromatic N) is 2. The standard InChI is InChI=1S/C13H22N4O4S/c1-5-22(19,20)16-11-9-6-7-17(8-10(9)14-15-11)12(18)21-13(2,3)4/h5-8H2,1-4H3,(H2,14,15,16). The molecule has 1 aromatic rings. The number of hydrogen-bond donors (Lipinski definition) is 2. The van der Waals surface area contributed by atoms with Gasteiger partial charge < -0.3 is 9.64 Å². The normalized spacial score (nSPS) is 15.4. The highest BCUT2D eigenvalue weighted by molar-refractivity contribution is 7.92. The van der Waals surface area contributed by atoms with Gasteiger partial charge in [-0.25, -0.2) is 13.2 Å². The second-order valence-corrected chi connectivity index (χ2v) is 8.20. The minimum Gasteiger partial charge on any atom is -0.444 e. The average molecular weight is 330 g/mol. The number of aromatic amines is 1.